The van der Waals surface area contributed by atoms with Crippen molar-refractivity contribution in [2.45, 2.75) is 64.5 Å². The molecule has 1 saturated carbocycles. The Bertz CT molecular complexity index is 1090. The molecule has 0 unspecified atom stereocenters. The molecule has 186 valence electrons. The van der Waals surface area contributed by atoms with Gasteiger partial charge in [0.15, 0.2) is 0 Å². The maximum atomic E-state index is 13.1. The quantitative estimate of drug-likeness (QED) is 0.485. The number of alkyl carbamates (subject to hydrolysis) is 1. The molecule has 0 saturated heterocycles. The number of aliphatic carboxylic acids is 1. The van der Waals surface area contributed by atoms with Crippen molar-refractivity contribution >= 4 is 18.0 Å². The zero-order chi connectivity index (χ0) is 25.4. The van der Waals surface area contributed by atoms with E-state index in [2.05, 4.69) is 34.9 Å². The predicted octanol–water partition coefficient (Wildman–Crippen LogP) is 4.70. The first-order valence-corrected chi connectivity index (χ1v) is 12.2. The highest BCUT2D eigenvalue weighted by Crippen LogP contribution is 2.44. The number of rotatable bonds is 9. The number of hydrogen-bond donors (Lipinski definition) is 3. The number of nitrogens with one attached hydrogen (secondary N) is 2. The Kier molecular flexibility index (Phi) is 6.62. The Balaban J connectivity index is 1.40. The Morgan fingerprint density at radius 2 is 1.51 bits per heavy atom. The summed E-state index contributed by atoms with van der Waals surface area (Å²) < 4.78 is 5.65. The molecule has 0 radical (unpaired) electrons. The van der Waals surface area contributed by atoms with Gasteiger partial charge in [-0.2, -0.15) is 0 Å². The highest BCUT2D eigenvalue weighted by Gasteiger charge is 2.46. The molecule has 2 aliphatic rings. The van der Waals surface area contributed by atoms with Crippen molar-refractivity contribution in [1.82, 2.24) is 10.6 Å². The second kappa shape index (κ2) is 9.36. The average molecular weight is 479 g/mol. The molecule has 2 amide bonds. The summed E-state index contributed by atoms with van der Waals surface area (Å²) in [6.07, 6.45) is 1.80. The summed E-state index contributed by atoms with van der Waals surface area (Å²) >= 11 is 0. The van der Waals surface area contributed by atoms with Crippen molar-refractivity contribution in [2.75, 3.05) is 6.61 Å². The third-order valence-corrected chi connectivity index (χ3v) is 7.76. The molecule has 4 rings (SSSR count). The second-order valence-electron chi connectivity index (χ2n) is 10.7. The van der Waals surface area contributed by atoms with Gasteiger partial charge < -0.3 is 20.5 Å². The normalized spacial score (nSPS) is 16.1. The lowest BCUT2D eigenvalue weighted by Crippen LogP contribution is -2.61. The molecule has 1 fully saturated rings. The minimum Gasteiger partial charge on any atom is -0.480 e. The molecule has 7 nitrogen and oxygen atoms in total. The number of benzene rings is 2. The van der Waals surface area contributed by atoms with E-state index in [1.807, 2.05) is 24.3 Å². The van der Waals surface area contributed by atoms with Gasteiger partial charge in [-0.25, -0.2) is 9.59 Å². The number of carbonyl (C=O) groups is 3. The van der Waals surface area contributed by atoms with Crippen molar-refractivity contribution < 1.29 is 24.2 Å². The van der Waals surface area contributed by atoms with Crippen molar-refractivity contribution in [3.05, 3.63) is 59.7 Å². The summed E-state index contributed by atoms with van der Waals surface area (Å²) in [5.74, 6) is -1.17. The molecule has 2 aliphatic carbocycles. The summed E-state index contributed by atoms with van der Waals surface area (Å²) in [7, 11) is 0. The zero-order valence-corrected chi connectivity index (χ0v) is 20.8. The number of fused-ring (bicyclic) bond motifs is 3. The van der Waals surface area contributed by atoms with Gasteiger partial charge in [-0.1, -0.05) is 61.4 Å². The Hall–Kier alpha value is -3.35. The van der Waals surface area contributed by atoms with Crippen LogP contribution in [0.15, 0.2) is 48.5 Å². The monoisotopic (exact) mass is 478 g/mol. The molecule has 0 spiro atoms. The van der Waals surface area contributed by atoms with E-state index < -0.39 is 35.0 Å². The summed E-state index contributed by atoms with van der Waals surface area (Å²) in [6, 6.07) is 15.3. The molecule has 35 heavy (non-hydrogen) atoms. The van der Waals surface area contributed by atoms with Crippen molar-refractivity contribution in [1.29, 1.82) is 0 Å². The van der Waals surface area contributed by atoms with E-state index in [4.69, 9.17) is 4.74 Å². The van der Waals surface area contributed by atoms with Gasteiger partial charge in [0, 0.05) is 5.92 Å². The molecule has 2 aromatic rings. The Labute approximate surface area is 206 Å². The van der Waals surface area contributed by atoms with Crippen molar-refractivity contribution in [3.63, 3.8) is 0 Å². The van der Waals surface area contributed by atoms with Crippen LogP contribution in [0.25, 0.3) is 11.1 Å². The van der Waals surface area contributed by atoms with Crippen LogP contribution < -0.4 is 10.6 Å². The van der Waals surface area contributed by atoms with Crippen LogP contribution >= 0.6 is 0 Å². The van der Waals surface area contributed by atoms with Gasteiger partial charge in [-0.15, -0.1) is 0 Å². The van der Waals surface area contributed by atoms with Gasteiger partial charge >= 0.3 is 12.1 Å². The SMILES string of the molecule is CC(C)(NC(=O)OCC1c2ccccc2-c2ccccc21)C(C)(C)C(=O)N[C@@H](CC1CC1)C(=O)O. The van der Waals surface area contributed by atoms with Gasteiger partial charge in [0.1, 0.15) is 12.6 Å². The molecule has 0 heterocycles. The molecule has 0 aliphatic heterocycles. The molecule has 0 aromatic heterocycles. The van der Waals surface area contributed by atoms with Gasteiger partial charge in [-0.05, 0) is 62.3 Å². The summed E-state index contributed by atoms with van der Waals surface area (Å²) in [6.45, 7) is 7.05. The maximum Gasteiger partial charge on any atom is 0.407 e. The van der Waals surface area contributed by atoms with Crippen LogP contribution in [0, 0.1) is 11.3 Å². The van der Waals surface area contributed by atoms with E-state index in [9.17, 15) is 19.5 Å². The van der Waals surface area contributed by atoms with Gasteiger partial charge in [0.25, 0.3) is 0 Å². The van der Waals surface area contributed by atoms with E-state index in [0.717, 1.165) is 35.1 Å². The first-order valence-electron chi connectivity index (χ1n) is 12.2. The molecule has 3 N–H and O–H groups in total. The van der Waals surface area contributed by atoms with Crippen molar-refractivity contribution in [3.8, 4) is 11.1 Å². The molecular formula is C28H34N2O5. The van der Waals surface area contributed by atoms with E-state index in [1.165, 1.54) is 0 Å². The third kappa shape index (κ3) is 5.04. The number of hydrogen-bond acceptors (Lipinski definition) is 4. The Morgan fingerprint density at radius 3 is 2.03 bits per heavy atom. The summed E-state index contributed by atoms with van der Waals surface area (Å²) in [4.78, 5) is 37.6. The first kappa shape index (κ1) is 24.8. The number of carbonyl (C=O) groups excluding carboxylic acids is 2. The lowest BCUT2D eigenvalue weighted by atomic mass is 9.73. The van der Waals surface area contributed by atoms with Crippen LogP contribution in [0.2, 0.25) is 0 Å². The Morgan fingerprint density at radius 1 is 0.971 bits per heavy atom. The zero-order valence-electron chi connectivity index (χ0n) is 20.8. The molecule has 7 heteroatoms. The van der Waals surface area contributed by atoms with E-state index >= 15 is 0 Å². The highest BCUT2D eigenvalue weighted by atomic mass is 16.5. The second-order valence-corrected chi connectivity index (χ2v) is 10.7. The fourth-order valence-corrected chi connectivity index (χ4v) is 4.58. The average Bonchev–Trinajstić information content (AvgIpc) is 3.57. The van der Waals surface area contributed by atoms with Gasteiger partial charge in [-0.3, -0.25) is 4.79 Å². The number of amides is 2. The van der Waals surface area contributed by atoms with E-state index in [0.29, 0.717) is 12.3 Å². The minimum absolute atomic E-state index is 0.0636. The standard InChI is InChI=1S/C28H34N2O5/c1-27(2,25(33)29-23(24(31)32)15-17-13-14-17)28(3,4)30-26(34)35-16-22-20-11-7-5-9-18(20)19-10-6-8-12-21(19)22/h5-12,17,22-23H,13-16H2,1-4H3,(H,29,33)(H,30,34)(H,31,32)/t23-/m0/s1. The van der Waals surface area contributed by atoms with Crippen LogP contribution in [0.4, 0.5) is 4.79 Å². The molecule has 0 bridgehead atoms. The molecular weight excluding hydrogens is 444 g/mol. The summed E-state index contributed by atoms with van der Waals surface area (Å²) in [5, 5.41) is 15.0. The number of ether oxygens (including phenoxy) is 1. The fraction of sp³-hybridized carbons (Fsp3) is 0.464. The topological polar surface area (TPSA) is 105 Å². The highest BCUT2D eigenvalue weighted by molar-refractivity contribution is 5.88. The third-order valence-electron chi connectivity index (χ3n) is 7.76. The van der Waals surface area contributed by atoms with E-state index in [1.54, 1.807) is 27.7 Å². The van der Waals surface area contributed by atoms with Crippen LogP contribution in [-0.4, -0.2) is 41.3 Å². The largest absolute Gasteiger partial charge is 0.480 e. The van der Waals surface area contributed by atoms with Crippen LogP contribution in [0.5, 0.6) is 0 Å². The lowest BCUT2D eigenvalue weighted by molar-refractivity contribution is -0.145. The number of carboxylic acid groups (broad SMARTS) is 1. The predicted molar refractivity (Wildman–Crippen MR) is 133 cm³/mol. The molecule has 2 aromatic carbocycles. The maximum absolute atomic E-state index is 13.1. The summed E-state index contributed by atoms with van der Waals surface area (Å²) in [5.41, 5.74) is 2.45. The van der Waals surface area contributed by atoms with Crippen LogP contribution in [0.1, 0.15) is 64.0 Å². The van der Waals surface area contributed by atoms with E-state index in [-0.39, 0.29) is 12.5 Å². The smallest absolute Gasteiger partial charge is 0.407 e. The van der Waals surface area contributed by atoms with Crippen LogP contribution in [0.3, 0.4) is 0 Å². The fourth-order valence-electron chi connectivity index (χ4n) is 4.58. The number of carboxylic acids is 1. The van der Waals surface area contributed by atoms with Crippen molar-refractivity contribution in [2.24, 2.45) is 11.3 Å². The van der Waals surface area contributed by atoms with Crippen LogP contribution in [-0.2, 0) is 14.3 Å². The van der Waals surface area contributed by atoms with Gasteiger partial charge in [0.2, 0.25) is 5.91 Å². The minimum atomic E-state index is -1.09. The van der Waals surface area contributed by atoms with Gasteiger partial charge in [0.05, 0.1) is 11.0 Å². The lowest BCUT2D eigenvalue weighted by Gasteiger charge is -2.41. The molecule has 1 atom stereocenters. The first-order chi connectivity index (χ1) is 16.5.